The number of rotatable bonds is 5. The van der Waals surface area contributed by atoms with Crippen LogP contribution in [0.5, 0.6) is 0 Å². The lowest BCUT2D eigenvalue weighted by atomic mass is 10.1. The Hall–Kier alpha value is -2.57. The molecule has 3 aromatic rings. The monoisotopic (exact) mass is 375 g/mol. The van der Waals surface area contributed by atoms with E-state index in [1.165, 1.54) is 0 Å². The van der Waals surface area contributed by atoms with E-state index in [0.29, 0.717) is 39.4 Å². The van der Waals surface area contributed by atoms with Crippen LogP contribution in [0.25, 0.3) is 0 Å². The summed E-state index contributed by atoms with van der Waals surface area (Å²) in [5.41, 5.74) is 7.58. The average Bonchev–Trinajstić information content (AvgIpc) is 3.05. The first-order valence-electron chi connectivity index (χ1n) is 7.49. The number of nitrogen functional groups attached to an aromatic ring is 1. The van der Waals surface area contributed by atoms with E-state index in [1.807, 2.05) is 12.1 Å². The lowest BCUT2D eigenvalue weighted by Gasteiger charge is -2.03. The Morgan fingerprint density at radius 3 is 2.68 bits per heavy atom. The smallest absolute Gasteiger partial charge is 0.251 e. The highest BCUT2D eigenvalue weighted by atomic mass is 35.5. The summed E-state index contributed by atoms with van der Waals surface area (Å²) in [4.78, 5) is 16.4. The predicted octanol–water partition coefficient (Wildman–Crippen LogP) is 3.21. The number of aromatic amines is 1. The molecule has 0 spiro atoms. The predicted molar refractivity (Wildman–Crippen MR) is 97.7 cm³/mol. The molecule has 1 aromatic heterocycles. The molecule has 128 valence electrons. The number of benzene rings is 2. The molecule has 0 aliphatic carbocycles. The summed E-state index contributed by atoms with van der Waals surface area (Å²) in [6.45, 7) is 0.236. The van der Waals surface area contributed by atoms with E-state index in [9.17, 15) is 4.79 Å². The van der Waals surface area contributed by atoms with Crippen LogP contribution in [0.1, 0.15) is 27.6 Å². The Morgan fingerprint density at radius 1 is 1.16 bits per heavy atom. The number of aromatic nitrogens is 3. The molecule has 0 saturated heterocycles. The fourth-order valence-electron chi connectivity index (χ4n) is 2.25. The van der Waals surface area contributed by atoms with Crippen molar-refractivity contribution >= 4 is 34.8 Å². The maximum Gasteiger partial charge on any atom is 0.251 e. The molecule has 1 amide bonds. The second-order valence-corrected chi connectivity index (χ2v) is 6.18. The van der Waals surface area contributed by atoms with Crippen molar-refractivity contribution in [2.24, 2.45) is 0 Å². The molecule has 0 atom stereocenters. The first-order valence-corrected chi connectivity index (χ1v) is 8.25. The minimum absolute atomic E-state index is 0.212. The van der Waals surface area contributed by atoms with Crippen LogP contribution in [0.2, 0.25) is 10.0 Å². The molecule has 0 fully saturated rings. The second-order valence-electron chi connectivity index (χ2n) is 5.39. The zero-order chi connectivity index (χ0) is 17.8. The van der Waals surface area contributed by atoms with Crippen molar-refractivity contribution in [3.63, 3.8) is 0 Å². The number of nitrogens with two attached hydrogens (primary N) is 1. The van der Waals surface area contributed by atoms with E-state index in [4.69, 9.17) is 28.9 Å². The molecule has 0 bridgehead atoms. The SMILES string of the molecule is Nc1ccc(C(=O)NCc2nc(Cc3cccc(Cl)c3Cl)n[nH]2)cc1. The van der Waals surface area contributed by atoms with Crippen molar-refractivity contribution in [2.75, 3.05) is 5.73 Å². The zero-order valence-corrected chi connectivity index (χ0v) is 14.6. The molecular weight excluding hydrogens is 361 g/mol. The maximum absolute atomic E-state index is 12.1. The molecule has 3 rings (SSSR count). The van der Waals surface area contributed by atoms with Crippen LogP contribution in [-0.2, 0) is 13.0 Å². The standard InChI is InChI=1S/C17H15Cl2N5O/c18-13-3-1-2-11(16(13)19)8-14-22-15(24-23-14)9-21-17(25)10-4-6-12(20)7-5-10/h1-7H,8-9,20H2,(H,21,25)(H,22,23,24). The molecule has 2 aromatic carbocycles. The van der Waals surface area contributed by atoms with Gasteiger partial charge in [0.25, 0.3) is 5.91 Å². The van der Waals surface area contributed by atoms with Gasteiger partial charge in [-0.15, -0.1) is 0 Å². The van der Waals surface area contributed by atoms with Gasteiger partial charge in [-0.3, -0.25) is 9.89 Å². The van der Waals surface area contributed by atoms with Crippen molar-refractivity contribution in [3.05, 3.63) is 75.3 Å². The van der Waals surface area contributed by atoms with Crippen LogP contribution in [0, 0.1) is 0 Å². The van der Waals surface area contributed by atoms with Crippen LogP contribution in [0.15, 0.2) is 42.5 Å². The number of carbonyl (C=O) groups excluding carboxylic acids is 1. The first-order chi connectivity index (χ1) is 12.0. The van der Waals surface area contributed by atoms with Gasteiger partial charge >= 0.3 is 0 Å². The summed E-state index contributed by atoms with van der Waals surface area (Å²) in [5, 5.41) is 10.7. The second kappa shape index (κ2) is 7.55. The number of amides is 1. The fourth-order valence-corrected chi connectivity index (χ4v) is 2.64. The van der Waals surface area contributed by atoms with Crippen LogP contribution in [0.4, 0.5) is 5.69 Å². The number of halogens is 2. The average molecular weight is 376 g/mol. The van der Waals surface area contributed by atoms with E-state index in [2.05, 4.69) is 20.5 Å². The summed E-state index contributed by atoms with van der Waals surface area (Å²) in [7, 11) is 0. The fraction of sp³-hybridized carbons (Fsp3) is 0.118. The Bertz CT molecular complexity index is 892. The maximum atomic E-state index is 12.1. The number of nitrogens with one attached hydrogen (secondary N) is 2. The van der Waals surface area contributed by atoms with Gasteiger partial charge in [-0.25, -0.2) is 4.98 Å². The van der Waals surface area contributed by atoms with E-state index in [-0.39, 0.29) is 12.5 Å². The summed E-state index contributed by atoms with van der Waals surface area (Å²) >= 11 is 12.2. The van der Waals surface area contributed by atoms with Crippen molar-refractivity contribution in [2.45, 2.75) is 13.0 Å². The quantitative estimate of drug-likeness (QED) is 0.596. The van der Waals surface area contributed by atoms with Crippen LogP contribution >= 0.6 is 23.2 Å². The van der Waals surface area contributed by atoms with Gasteiger partial charge in [0.1, 0.15) is 5.82 Å². The molecule has 4 N–H and O–H groups in total. The Kier molecular flexibility index (Phi) is 5.21. The molecule has 0 radical (unpaired) electrons. The zero-order valence-electron chi connectivity index (χ0n) is 13.1. The number of H-pyrrole nitrogens is 1. The molecule has 8 heteroatoms. The van der Waals surface area contributed by atoms with Crippen LogP contribution in [0.3, 0.4) is 0 Å². The normalized spacial score (nSPS) is 10.6. The molecule has 0 saturated carbocycles. The first kappa shape index (κ1) is 17.3. The lowest BCUT2D eigenvalue weighted by molar-refractivity contribution is 0.0950. The third kappa shape index (κ3) is 4.29. The number of nitrogens with zero attached hydrogens (tertiary/aromatic N) is 2. The van der Waals surface area contributed by atoms with Gasteiger partial charge < -0.3 is 11.1 Å². The number of hydrogen-bond acceptors (Lipinski definition) is 4. The van der Waals surface area contributed by atoms with Gasteiger partial charge in [-0.1, -0.05) is 35.3 Å². The summed E-state index contributed by atoms with van der Waals surface area (Å²) in [5.74, 6) is 0.911. The summed E-state index contributed by atoms with van der Waals surface area (Å²) < 4.78 is 0. The lowest BCUT2D eigenvalue weighted by Crippen LogP contribution is -2.23. The molecule has 0 aliphatic heterocycles. The molecule has 6 nitrogen and oxygen atoms in total. The van der Waals surface area contributed by atoms with Crippen molar-refractivity contribution < 1.29 is 4.79 Å². The number of carbonyl (C=O) groups is 1. The molecule has 0 unspecified atom stereocenters. The van der Waals surface area contributed by atoms with E-state index < -0.39 is 0 Å². The van der Waals surface area contributed by atoms with Gasteiger partial charge in [-0.2, -0.15) is 5.10 Å². The van der Waals surface area contributed by atoms with E-state index >= 15 is 0 Å². The van der Waals surface area contributed by atoms with Gasteiger partial charge in [0.05, 0.1) is 16.6 Å². The summed E-state index contributed by atoms with van der Waals surface area (Å²) in [6.07, 6.45) is 0.446. The highest BCUT2D eigenvalue weighted by Gasteiger charge is 2.10. The van der Waals surface area contributed by atoms with Crippen LogP contribution in [-0.4, -0.2) is 21.1 Å². The Morgan fingerprint density at radius 2 is 1.92 bits per heavy atom. The molecule has 0 aliphatic rings. The van der Waals surface area contributed by atoms with Crippen molar-refractivity contribution in [1.29, 1.82) is 0 Å². The third-order valence-corrected chi connectivity index (χ3v) is 4.41. The molecule has 1 heterocycles. The van der Waals surface area contributed by atoms with Crippen molar-refractivity contribution in [3.8, 4) is 0 Å². The highest BCUT2D eigenvalue weighted by molar-refractivity contribution is 6.42. The number of hydrogen-bond donors (Lipinski definition) is 3. The van der Waals surface area contributed by atoms with Gasteiger partial charge in [0.15, 0.2) is 5.82 Å². The van der Waals surface area contributed by atoms with Gasteiger partial charge in [0.2, 0.25) is 0 Å². The molecular formula is C17H15Cl2N5O. The van der Waals surface area contributed by atoms with Gasteiger partial charge in [-0.05, 0) is 35.9 Å². The van der Waals surface area contributed by atoms with Gasteiger partial charge in [0, 0.05) is 17.7 Å². The Labute approximate surface area is 154 Å². The van der Waals surface area contributed by atoms with E-state index in [0.717, 1.165) is 5.56 Å². The van der Waals surface area contributed by atoms with E-state index in [1.54, 1.807) is 30.3 Å². The molecule has 25 heavy (non-hydrogen) atoms. The minimum atomic E-state index is -0.212. The number of anilines is 1. The summed E-state index contributed by atoms with van der Waals surface area (Å²) in [6, 6.07) is 12.1. The third-order valence-electron chi connectivity index (χ3n) is 3.55. The minimum Gasteiger partial charge on any atom is -0.399 e. The topological polar surface area (TPSA) is 96.7 Å². The highest BCUT2D eigenvalue weighted by Crippen LogP contribution is 2.26. The van der Waals surface area contributed by atoms with Crippen LogP contribution < -0.4 is 11.1 Å². The van der Waals surface area contributed by atoms with Crippen molar-refractivity contribution in [1.82, 2.24) is 20.5 Å². The Balaban J connectivity index is 1.61. The largest absolute Gasteiger partial charge is 0.399 e.